The largest absolute Gasteiger partial charge is 0.506 e. The molecule has 114 valence electrons. The van der Waals surface area contributed by atoms with Gasteiger partial charge in [0, 0.05) is 18.3 Å². The molecule has 0 atom stereocenters. The third kappa shape index (κ3) is 2.48. The van der Waals surface area contributed by atoms with Gasteiger partial charge in [-0.2, -0.15) is 0 Å². The van der Waals surface area contributed by atoms with Crippen molar-refractivity contribution in [2.45, 2.75) is 20.5 Å². The molecule has 0 aliphatic rings. The van der Waals surface area contributed by atoms with Crippen LogP contribution >= 0.6 is 0 Å². The van der Waals surface area contributed by atoms with Gasteiger partial charge in [-0.3, -0.25) is 0 Å². The van der Waals surface area contributed by atoms with E-state index in [0.717, 1.165) is 23.4 Å². The zero-order valence-electron chi connectivity index (χ0n) is 12.5. The second kappa shape index (κ2) is 5.65. The highest BCUT2D eigenvalue weighted by Crippen LogP contribution is 2.28. The summed E-state index contributed by atoms with van der Waals surface area (Å²) in [4.78, 5) is 1.42. The Morgan fingerprint density at radius 3 is 2.64 bits per heavy atom. The molecule has 22 heavy (non-hydrogen) atoms. The molecule has 0 unspecified atom stereocenters. The van der Waals surface area contributed by atoms with E-state index in [1.165, 1.54) is 4.80 Å². The first-order valence-corrected chi connectivity index (χ1v) is 7.17. The maximum Gasteiger partial charge on any atom is 0.145 e. The standard InChI is InChI=1S/C16H18N4O2/c1-3-17-13-8-16(22)15(6-10(13)2)20-18-12-5-4-11(9-21)7-14(12)19-20/h4-8,17,21-22H,3,9H2,1-2H3. The Balaban J connectivity index is 2.08. The van der Waals surface area contributed by atoms with E-state index in [2.05, 4.69) is 15.5 Å². The number of aromatic nitrogens is 3. The molecule has 1 heterocycles. The molecular formula is C16H18N4O2. The number of hydrogen-bond acceptors (Lipinski definition) is 5. The van der Waals surface area contributed by atoms with E-state index in [4.69, 9.17) is 0 Å². The number of nitrogens with zero attached hydrogens (tertiary/aromatic N) is 3. The van der Waals surface area contributed by atoms with E-state index in [1.807, 2.05) is 19.9 Å². The minimum atomic E-state index is -0.0372. The number of phenolic OH excluding ortho intramolecular Hbond substituents is 1. The number of rotatable bonds is 4. The minimum absolute atomic E-state index is 0.0372. The van der Waals surface area contributed by atoms with E-state index >= 15 is 0 Å². The number of anilines is 1. The Morgan fingerprint density at radius 1 is 1.14 bits per heavy atom. The van der Waals surface area contributed by atoms with Gasteiger partial charge in [0.05, 0.1) is 6.61 Å². The van der Waals surface area contributed by atoms with Crippen LogP contribution < -0.4 is 5.32 Å². The van der Waals surface area contributed by atoms with E-state index in [9.17, 15) is 10.2 Å². The van der Waals surface area contributed by atoms with Crippen LogP contribution in [0.15, 0.2) is 30.3 Å². The number of hydrogen-bond donors (Lipinski definition) is 3. The second-order valence-corrected chi connectivity index (χ2v) is 5.16. The number of benzene rings is 2. The molecule has 1 aromatic heterocycles. The van der Waals surface area contributed by atoms with Gasteiger partial charge in [-0.1, -0.05) is 6.07 Å². The van der Waals surface area contributed by atoms with Gasteiger partial charge in [-0.05, 0) is 43.2 Å². The first-order valence-electron chi connectivity index (χ1n) is 7.17. The van der Waals surface area contributed by atoms with Gasteiger partial charge in [0.25, 0.3) is 0 Å². The van der Waals surface area contributed by atoms with Gasteiger partial charge in [-0.25, -0.2) is 0 Å². The molecule has 0 spiro atoms. The van der Waals surface area contributed by atoms with Crippen LogP contribution in [0.4, 0.5) is 5.69 Å². The Bertz CT molecular complexity index is 826. The first kappa shape index (κ1) is 14.3. The Labute approximate surface area is 128 Å². The fraction of sp³-hybridized carbons (Fsp3) is 0.250. The van der Waals surface area contributed by atoms with Crippen LogP contribution in [0.1, 0.15) is 18.1 Å². The average Bonchev–Trinajstić information content (AvgIpc) is 2.93. The second-order valence-electron chi connectivity index (χ2n) is 5.16. The number of aryl methyl sites for hydroxylation is 1. The van der Waals surface area contributed by atoms with Gasteiger partial charge in [0.2, 0.25) is 0 Å². The summed E-state index contributed by atoms with van der Waals surface area (Å²) in [5, 5.41) is 31.4. The molecular weight excluding hydrogens is 280 g/mol. The van der Waals surface area contributed by atoms with Gasteiger partial charge in [-0.15, -0.1) is 15.0 Å². The van der Waals surface area contributed by atoms with E-state index in [1.54, 1.807) is 24.3 Å². The number of fused-ring (bicyclic) bond motifs is 1. The number of nitrogens with one attached hydrogen (secondary N) is 1. The molecule has 0 bridgehead atoms. The lowest BCUT2D eigenvalue weighted by molar-refractivity contribution is 0.282. The lowest BCUT2D eigenvalue weighted by Gasteiger charge is -2.11. The SMILES string of the molecule is CCNc1cc(O)c(-n2nc3ccc(CO)cc3n2)cc1C. The van der Waals surface area contributed by atoms with Crippen molar-refractivity contribution in [3.63, 3.8) is 0 Å². The third-order valence-electron chi connectivity index (χ3n) is 3.53. The monoisotopic (exact) mass is 298 g/mol. The van der Waals surface area contributed by atoms with Crippen LogP contribution in [0.2, 0.25) is 0 Å². The first-order chi connectivity index (χ1) is 10.6. The number of aliphatic hydroxyl groups excluding tert-OH is 1. The Morgan fingerprint density at radius 2 is 1.91 bits per heavy atom. The summed E-state index contributed by atoms with van der Waals surface area (Å²) < 4.78 is 0. The molecule has 0 radical (unpaired) electrons. The molecule has 0 aliphatic carbocycles. The molecule has 0 saturated heterocycles. The molecule has 3 aromatic rings. The highest BCUT2D eigenvalue weighted by atomic mass is 16.3. The predicted molar refractivity (Wildman–Crippen MR) is 85.4 cm³/mol. The van der Waals surface area contributed by atoms with Crippen molar-refractivity contribution in [3.8, 4) is 11.4 Å². The molecule has 0 saturated carbocycles. The van der Waals surface area contributed by atoms with Crippen LogP contribution in [-0.2, 0) is 6.61 Å². The molecule has 6 heteroatoms. The van der Waals surface area contributed by atoms with E-state index < -0.39 is 0 Å². The zero-order valence-corrected chi connectivity index (χ0v) is 12.5. The fourth-order valence-corrected chi connectivity index (χ4v) is 2.39. The van der Waals surface area contributed by atoms with Crippen molar-refractivity contribution in [2.75, 3.05) is 11.9 Å². The maximum atomic E-state index is 10.2. The van der Waals surface area contributed by atoms with E-state index in [-0.39, 0.29) is 12.4 Å². The maximum absolute atomic E-state index is 10.2. The van der Waals surface area contributed by atoms with Crippen molar-refractivity contribution >= 4 is 16.7 Å². The Hall–Kier alpha value is -2.60. The number of aliphatic hydroxyl groups is 1. The van der Waals surface area contributed by atoms with Crippen LogP contribution in [0.3, 0.4) is 0 Å². The quantitative estimate of drug-likeness (QED) is 0.688. The minimum Gasteiger partial charge on any atom is -0.506 e. The third-order valence-corrected chi connectivity index (χ3v) is 3.53. The molecule has 0 amide bonds. The summed E-state index contributed by atoms with van der Waals surface area (Å²) in [6.45, 7) is 4.72. The molecule has 2 aromatic carbocycles. The zero-order chi connectivity index (χ0) is 15.7. The molecule has 0 fully saturated rings. The average molecular weight is 298 g/mol. The molecule has 6 nitrogen and oxygen atoms in total. The summed E-state index contributed by atoms with van der Waals surface area (Å²) in [5.74, 6) is 0.115. The van der Waals surface area contributed by atoms with Crippen molar-refractivity contribution in [1.29, 1.82) is 0 Å². The van der Waals surface area contributed by atoms with Gasteiger partial charge >= 0.3 is 0 Å². The van der Waals surface area contributed by atoms with Crippen LogP contribution in [0.5, 0.6) is 5.75 Å². The van der Waals surface area contributed by atoms with Gasteiger partial charge < -0.3 is 15.5 Å². The highest BCUT2D eigenvalue weighted by molar-refractivity contribution is 5.75. The van der Waals surface area contributed by atoms with Crippen LogP contribution in [-0.4, -0.2) is 31.8 Å². The summed E-state index contributed by atoms with van der Waals surface area (Å²) in [7, 11) is 0. The van der Waals surface area contributed by atoms with Crippen LogP contribution in [0.25, 0.3) is 16.7 Å². The van der Waals surface area contributed by atoms with Crippen LogP contribution in [0, 0.1) is 6.92 Å². The topological polar surface area (TPSA) is 83.2 Å². The molecule has 3 rings (SSSR count). The lowest BCUT2D eigenvalue weighted by atomic mass is 10.1. The smallest absolute Gasteiger partial charge is 0.145 e. The van der Waals surface area contributed by atoms with Gasteiger partial charge in [0.15, 0.2) is 0 Å². The van der Waals surface area contributed by atoms with Gasteiger partial charge in [0.1, 0.15) is 22.5 Å². The number of aromatic hydroxyl groups is 1. The normalized spacial score (nSPS) is 11.0. The summed E-state index contributed by atoms with van der Waals surface area (Å²) >= 11 is 0. The summed E-state index contributed by atoms with van der Waals surface area (Å²) in [5.41, 5.74) is 4.60. The molecule has 0 aliphatic heterocycles. The van der Waals surface area contributed by atoms with Crippen molar-refractivity contribution in [3.05, 3.63) is 41.5 Å². The Kier molecular flexibility index (Phi) is 3.68. The highest BCUT2D eigenvalue weighted by Gasteiger charge is 2.12. The lowest BCUT2D eigenvalue weighted by Crippen LogP contribution is -2.03. The van der Waals surface area contributed by atoms with Crippen molar-refractivity contribution < 1.29 is 10.2 Å². The predicted octanol–water partition coefficient (Wildman–Crippen LogP) is 2.36. The molecule has 3 N–H and O–H groups in total. The van der Waals surface area contributed by atoms with Crippen molar-refractivity contribution in [2.24, 2.45) is 0 Å². The fourth-order valence-electron chi connectivity index (χ4n) is 2.39. The van der Waals surface area contributed by atoms with E-state index in [0.29, 0.717) is 16.7 Å². The summed E-state index contributed by atoms with van der Waals surface area (Å²) in [6, 6.07) is 8.93. The summed E-state index contributed by atoms with van der Waals surface area (Å²) in [6.07, 6.45) is 0. The van der Waals surface area contributed by atoms with Crippen molar-refractivity contribution in [1.82, 2.24) is 15.0 Å². The number of phenols is 1.